The summed E-state index contributed by atoms with van der Waals surface area (Å²) in [5.41, 5.74) is 2.37. The van der Waals surface area contributed by atoms with Crippen LogP contribution in [-0.2, 0) is 13.6 Å². The molecule has 4 rings (SSSR count). The summed E-state index contributed by atoms with van der Waals surface area (Å²) in [5, 5.41) is 8.15. The first-order chi connectivity index (χ1) is 12.2. The lowest BCUT2D eigenvalue weighted by atomic mass is 10.2. The molecule has 2 heterocycles. The Morgan fingerprint density at radius 1 is 1.04 bits per heavy atom. The second-order valence-corrected chi connectivity index (χ2v) is 5.65. The zero-order valence-electron chi connectivity index (χ0n) is 13.8. The Morgan fingerprint density at radius 2 is 1.76 bits per heavy atom. The van der Waals surface area contributed by atoms with Crippen LogP contribution in [0.25, 0.3) is 22.5 Å². The van der Waals surface area contributed by atoms with Gasteiger partial charge in [-0.1, -0.05) is 12.1 Å². The summed E-state index contributed by atoms with van der Waals surface area (Å²) in [6, 6.07) is 15.0. The number of hydrogen-bond donors (Lipinski definition) is 0. The number of para-hydroxylation sites is 2. The molecule has 126 valence electrons. The third-order valence-electron chi connectivity index (χ3n) is 4.15. The van der Waals surface area contributed by atoms with Crippen molar-refractivity contribution in [2.75, 3.05) is 7.11 Å². The fourth-order valence-electron chi connectivity index (χ4n) is 2.82. The summed E-state index contributed by atoms with van der Waals surface area (Å²) in [4.78, 5) is 12.5. The highest BCUT2D eigenvalue weighted by atomic mass is 16.5. The highest BCUT2D eigenvalue weighted by Gasteiger charge is 2.14. The van der Waals surface area contributed by atoms with Crippen LogP contribution in [-0.4, -0.2) is 26.4 Å². The quantitative estimate of drug-likeness (QED) is 0.572. The molecule has 0 N–H and O–H groups in total. The van der Waals surface area contributed by atoms with Gasteiger partial charge in [0.15, 0.2) is 0 Å². The van der Waals surface area contributed by atoms with Crippen LogP contribution < -0.4 is 10.4 Å². The van der Waals surface area contributed by atoms with Crippen molar-refractivity contribution in [3.63, 3.8) is 0 Å². The molecule has 0 saturated heterocycles. The van der Waals surface area contributed by atoms with Gasteiger partial charge in [0.1, 0.15) is 12.3 Å². The Kier molecular flexibility index (Phi) is 3.61. The molecule has 0 saturated carbocycles. The SMILES string of the molecule is COc1ccc(-c2nnc(Cn3c(=O)n(C)c4ccccc43)o2)cc1. The molecule has 0 atom stereocenters. The van der Waals surface area contributed by atoms with E-state index in [4.69, 9.17) is 9.15 Å². The molecule has 7 nitrogen and oxygen atoms in total. The lowest BCUT2D eigenvalue weighted by Gasteiger charge is -2.00. The molecule has 0 amide bonds. The molecular weight excluding hydrogens is 320 g/mol. The van der Waals surface area contributed by atoms with E-state index in [-0.39, 0.29) is 12.2 Å². The van der Waals surface area contributed by atoms with Crippen molar-refractivity contribution in [1.29, 1.82) is 0 Å². The topological polar surface area (TPSA) is 75.1 Å². The first-order valence-electron chi connectivity index (χ1n) is 7.78. The van der Waals surface area contributed by atoms with Crippen LogP contribution >= 0.6 is 0 Å². The van der Waals surface area contributed by atoms with Crippen molar-refractivity contribution in [3.05, 3.63) is 64.9 Å². The standard InChI is InChI=1S/C18H16N4O3/c1-21-14-5-3-4-6-15(14)22(18(21)23)11-16-19-20-17(25-16)12-7-9-13(24-2)10-8-12/h3-10H,11H2,1-2H3. The monoisotopic (exact) mass is 336 g/mol. The van der Waals surface area contributed by atoms with Gasteiger partial charge in [0.25, 0.3) is 0 Å². The predicted molar refractivity (Wildman–Crippen MR) is 92.6 cm³/mol. The number of ether oxygens (including phenoxy) is 1. The van der Waals surface area contributed by atoms with Crippen LogP contribution in [0.2, 0.25) is 0 Å². The van der Waals surface area contributed by atoms with Crippen LogP contribution in [0.1, 0.15) is 5.89 Å². The number of rotatable bonds is 4. The Hall–Kier alpha value is -3.35. The second-order valence-electron chi connectivity index (χ2n) is 5.65. The fourth-order valence-corrected chi connectivity index (χ4v) is 2.82. The molecule has 2 aromatic heterocycles. The molecule has 0 radical (unpaired) electrons. The summed E-state index contributed by atoms with van der Waals surface area (Å²) < 4.78 is 14.1. The van der Waals surface area contributed by atoms with Crippen molar-refractivity contribution in [3.8, 4) is 17.2 Å². The lowest BCUT2D eigenvalue weighted by Crippen LogP contribution is -2.22. The first kappa shape index (κ1) is 15.2. The van der Waals surface area contributed by atoms with Gasteiger partial charge < -0.3 is 9.15 Å². The Morgan fingerprint density at radius 3 is 2.48 bits per heavy atom. The molecule has 25 heavy (non-hydrogen) atoms. The smallest absolute Gasteiger partial charge is 0.329 e. The summed E-state index contributed by atoms with van der Waals surface area (Å²) in [6.07, 6.45) is 0. The summed E-state index contributed by atoms with van der Waals surface area (Å²) in [6.45, 7) is 0.226. The Bertz CT molecular complexity index is 1090. The minimum atomic E-state index is -0.120. The van der Waals surface area contributed by atoms with E-state index < -0.39 is 0 Å². The molecule has 4 aromatic rings. The average Bonchev–Trinajstić information content (AvgIpc) is 3.22. The van der Waals surface area contributed by atoms with Crippen LogP contribution in [0.3, 0.4) is 0 Å². The summed E-state index contributed by atoms with van der Waals surface area (Å²) >= 11 is 0. The molecule has 0 fully saturated rings. The van der Waals surface area contributed by atoms with Crippen molar-refractivity contribution in [2.24, 2.45) is 7.05 Å². The summed E-state index contributed by atoms with van der Waals surface area (Å²) in [7, 11) is 3.36. The number of aryl methyl sites for hydroxylation is 1. The van der Waals surface area contributed by atoms with Gasteiger partial charge in [-0.2, -0.15) is 0 Å². The highest BCUT2D eigenvalue weighted by Crippen LogP contribution is 2.21. The maximum absolute atomic E-state index is 12.5. The van der Waals surface area contributed by atoms with Gasteiger partial charge >= 0.3 is 5.69 Å². The third-order valence-corrected chi connectivity index (χ3v) is 4.15. The predicted octanol–water partition coefficient (Wildman–Crippen LogP) is 2.45. The average molecular weight is 336 g/mol. The van der Waals surface area contributed by atoms with Gasteiger partial charge in [-0.05, 0) is 36.4 Å². The maximum Gasteiger partial charge on any atom is 0.329 e. The van der Waals surface area contributed by atoms with E-state index in [9.17, 15) is 4.79 Å². The largest absolute Gasteiger partial charge is 0.497 e. The van der Waals surface area contributed by atoms with Crippen LogP contribution in [0, 0.1) is 0 Å². The number of methoxy groups -OCH3 is 1. The molecule has 0 unspecified atom stereocenters. The fraction of sp³-hybridized carbons (Fsp3) is 0.167. The van der Waals surface area contributed by atoms with E-state index >= 15 is 0 Å². The van der Waals surface area contributed by atoms with Gasteiger partial charge in [0.2, 0.25) is 11.8 Å². The van der Waals surface area contributed by atoms with E-state index in [1.54, 1.807) is 23.3 Å². The molecular formula is C18H16N4O3. The molecule has 0 spiro atoms. The van der Waals surface area contributed by atoms with Crippen molar-refractivity contribution >= 4 is 11.0 Å². The molecule has 7 heteroatoms. The summed E-state index contributed by atoms with van der Waals surface area (Å²) in [5.74, 6) is 1.54. The zero-order chi connectivity index (χ0) is 17.4. The highest BCUT2D eigenvalue weighted by molar-refractivity contribution is 5.75. The molecule has 0 bridgehead atoms. The van der Waals surface area contributed by atoms with Gasteiger partial charge in [0.05, 0.1) is 18.1 Å². The number of imidazole rings is 1. The van der Waals surface area contributed by atoms with Crippen molar-refractivity contribution in [1.82, 2.24) is 19.3 Å². The number of aromatic nitrogens is 4. The molecule has 0 aliphatic heterocycles. The van der Waals surface area contributed by atoms with Crippen molar-refractivity contribution in [2.45, 2.75) is 6.54 Å². The second kappa shape index (κ2) is 5.94. The van der Waals surface area contributed by atoms with Crippen LogP contribution in [0.5, 0.6) is 5.75 Å². The van der Waals surface area contributed by atoms with E-state index in [0.717, 1.165) is 22.3 Å². The lowest BCUT2D eigenvalue weighted by molar-refractivity contribution is 0.415. The Balaban J connectivity index is 1.68. The molecule has 0 aliphatic rings. The third kappa shape index (κ3) is 2.59. The van der Waals surface area contributed by atoms with Crippen LogP contribution in [0.4, 0.5) is 0 Å². The normalized spacial score (nSPS) is 11.1. The van der Waals surface area contributed by atoms with E-state index in [1.165, 1.54) is 0 Å². The van der Waals surface area contributed by atoms with E-state index in [0.29, 0.717) is 11.8 Å². The maximum atomic E-state index is 12.5. The van der Waals surface area contributed by atoms with Gasteiger partial charge in [-0.3, -0.25) is 9.13 Å². The van der Waals surface area contributed by atoms with E-state index in [2.05, 4.69) is 10.2 Å². The number of hydrogen-bond acceptors (Lipinski definition) is 5. The van der Waals surface area contributed by atoms with Gasteiger partial charge in [-0.15, -0.1) is 10.2 Å². The molecule has 2 aromatic carbocycles. The van der Waals surface area contributed by atoms with Crippen LogP contribution in [0.15, 0.2) is 57.7 Å². The number of nitrogens with zero attached hydrogens (tertiary/aromatic N) is 4. The van der Waals surface area contributed by atoms with E-state index in [1.807, 2.05) is 48.5 Å². The minimum Gasteiger partial charge on any atom is -0.497 e. The molecule has 0 aliphatic carbocycles. The first-order valence-corrected chi connectivity index (χ1v) is 7.78. The minimum absolute atomic E-state index is 0.120. The van der Waals surface area contributed by atoms with Gasteiger partial charge in [-0.25, -0.2) is 4.79 Å². The van der Waals surface area contributed by atoms with Crippen molar-refractivity contribution < 1.29 is 9.15 Å². The van der Waals surface area contributed by atoms with Gasteiger partial charge in [0, 0.05) is 12.6 Å². The zero-order valence-corrected chi connectivity index (χ0v) is 13.8. The number of benzene rings is 2. The number of fused-ring (bicyclic) bond motifs is 1. The Labute approximate surface area is 143 Å².